The number of benzene rings is 1. The Kier molecular flexibility index (Phi) is 7.19. The van der Waals surface area contributed by atoms with Gasteiger partial charge in [0.2, 0.25) is 15.9 Å². The van der Waals surface area contributed by atoms with E-state index >= 15 is 0 Å². The molecule has 2 fully saturated rings. The monoisotopic (exact) mass is 463 g/mol. The van der Waals surface area contributed by atoms with Gasteiger partial charge < -0.3 is 14.5 Å². The number of hydrogen-bond acceptors (Lipinski definition) is 8. The van der Waals surface area contributed by atoms with Gasteiger partial charge >= 0.3 is 11.8 Å². The highest BCUT2D eigenvalue weighted by molar-refractivity contribution is 7.89. The van der Waals surface area contributed by atoms with Crippen LogP contribution in [-0.2, 0) is 14.8 Å². The van der Waals surface area contributed by atoms with E-state index in [1.54, 1.807) is 12.1 Å². The molecule has 0 unspecified atom stereocenters. The van der Waals surface area contributed by atoms with Gasteiger partial charge in [-0.1, -0.05) is 6.92 Å². The molecule has 0 aliphatic carbocycles. The Morgan fingerprint density at radius 2 is 1.78 bits per heavy atom. The Balaban J connectivity index is 1.35. The minimum Gasteiger partial charge on any atom is -0.412 e. The van der Waals surface area contributed by atoms with Crippen LogP contribution in [0.2, 0.25) is 0 Å². The molecule has 0 bridgehead atoms. The number of amides is 1. The molecule has 0 atom stereocenters. The van der Waals surface area contributed by atoms with Crippen molar-refractivity contribution < 1.29 is 22.4 Å². The van der Waals surface area contributed by atoms with Crippen molar-refractivity contribution in [2.75, 3.05) is 52.5 Å². The number of carbonyl (C=O) groups excluding carboxylic acids is 1. The van der Waals surface area contributed by atoms with Gasteiger partial charge in [0, 0.05) is 44.8 Å². The normalized spacial score (nSPS) is 19.2. The zero-order valence-corrected chi connectivity index (χ0v) is 19.0. The third-order valence-electron chi connectivity index (χ3n) is 5.92. The first-order chi connectivity index (χ1) is 15.4. The highest BCUT2D eigenvalue weighted by atomic mass is 32.2. The number of nitrogens with one attached hydrogen (secondary N) is 1. The summed E-state index contributed by atoms with van der Waals surface area (Å²) in [5.41, 5.74) is 0.552. The first kappa shape index (κ1) is 22.8. The molecule has 0 saturated carbocycles. The molecule has 32 heavy (non-hydrogen) atoms. The van der Waals surface area contributed by atoms with E-state index in [4.69, 9.17) is 9.15 Å². The summed E-state index contributed by atoms with van der Waals surface area (Å²) in [5.74, 6) is 0.155. The molecule has 2 saturated heterocycles. The van der Waals surface area contributed by atoms with Crippen molar-refractivity contribution in [3.63, 3.8) is 0 Å². The summed E-state index contributed by atoms with van der Waals surface area (Å²) in [5, 5.41) is 10.5. The maximum atomic E-state index is 12.9. The van der Waals surface area contributed by atoms with Crippen LogP contribution >= 0.6 is 0 Å². The number of nitrogens with zero attached hydrogens (tertiary/aromatic N) is 4. The number of sulfonamides is 1. The van der Waals surface area contributed by atoms with Gasteiger partial charge in [-0.2, -0.15) is 4.31 Å². The van der Waals surface area contributed by atoms with Gasteiger partial charge in [0.25, 0.3) is 0 Å². The Morgan fingerprint density at radius 3 is 2.47 bits per heavy atom. The molecule has 174 valence electrons. The minimum absolute atomic E-state index is 0.124. The molecule has 10 nitrogen and oxygen atoms in total. The molecule has 2 aromatic rings. The maximum absolute atomic E-state index is 12.9. The fourth-order valence-electron chi connectivity index (χ4n) is 3.80. The summed E-state index contributed by atoms with van der Waals surface area (Å²) in [7, 11) is -3.52. The highest BCUT2D eigenvalue weighted by Gasteiger charge is 2.28. The van der Waals surface area contributed by atoms with E-state index < -0.39 is 15.9 Å². The fraction of sp³-hybridized carbons (Fsp3) is 0.571. The zero-order valence-electron chi connectivity index (χ0n) is 18.2. The van der Waals surface area contributed by atoms with E-state index in [1.807, 2.05) is 0 Å². The van der Waals surface area contributed by atoms with Crippen molar-refractivity contribution in [1.29, 1.82) is 0 Å². The predicted molar refractivity (Wildman–Crippen MR) is 116 cm³/mol. The third kappa shape index (κ3) is 5.34. The van der Waals surface area contributed by atoms with Gasteiger partial charge in [0.1, 0.15) is 0 Å². The van der Waals surface area contributed by atoms with Crippen molar-refractivity contribution in [2.45, 2.75) is 24.7 Å². The van der Waals surface area contributed by atoms with Crippen LogP contribution < -0.4 is 5.32 Å². The Bertz CT molecular complexity index is 1010. The van der Waals surface area contributed by atoms with Gasteiger partial charge in [-0.15, -0.1) is 10.2 Å². The number of aromatic nitrogens is 2. The minimum atomic E-state index is -3.52. The summed E-state index contributed by atoms with van der Waals surface area (Å²) >= 11 is 0. The first-order valence-electron chi connectivity index (χ1n) is 11.0. The molecule has 1 aromatic heterocycles. The van der Waals surface area contributed by atoms with Crippen LogP contribution in [0.5, 0.6) is 0 Å². The van der Waals surface area contributed by atoms with Gasteiger partial charge in [0.15, 0.2) is 0 Å². The molecular weight excluding hydrogens is 434 g/mol. The highest BCUT2D eigenvalue weighted by Crippen LogP contribution is 2.25. The van der Waals surface area contributed by atoms with E-state index in [9.17, 15) is 13.2 Å². The molecule has 3 heterocycles. The van der Waals surface area contributed by atoms with E-state index in [-0.39, 0.29) is 16.7 Å². The molecule has 2 aliphatic rings. The Labute approximate surface area is 188 Å². The standard InChI is InChI=1S/C21H29N5O5S/c1-16-6-9-26(10-7-16)32(28,29)18-4-2-17(3-5-18)20-23-24-21(31-20)19(27)22-8-11-25-12-14-30-15-13-25/h2-5,16H,6-15H2,1H3,(H,22,27). The lowest BCUT2D eigenvalue weighted by molar-refractivity contribution is 0.0382. The molecule has 1 N–H and O–H groups in total. The second-order valence-electron chi connectivity index (χ2n) is 8.23. The smallest absolute Gasteiger partial charge is 0.308 e. The molecule has 1 aromatic carbocycles. The van der Waals surface area contributed by atoms with Crippen LogP contribution in [0, 0.1) is 5.92 Å². The first-order valence-corrected chi connectivity index (χ1v) is 12.4. The number of rotatable bonds is 7. The van der Waals surface area contributed by atoms with Gasteiger partial charge in [0.05, 0.1) is 18.1 Å². The van der Waals surface area contributed by atoms with Crippen molar-refractivity contribution in [3.05, 3.63) is 30.2 Å². The summed E-state index contributed by atoms with van der Waals surface area (Å²) in [4.78, 5) is 14.7. The van der Waals surface area contributed by atoms with Crippen LogP contribution in [0.3, 0.4) is 0 Å². The summed E-state index contributed by atoms with van der Waals surface area (Å²) in [6.07, 6.45) is 1.74. The van der Waals surface area contributed by atoms with Crippen LogP contribution in [0.15, 0.2) is 33.6 Å². The second-order valence-corrected chi connectivity index (χ2v) is 10.2. The van der Waals surface area contributed by atoms with Crippen molar-refractivity contribution in [3.8, 4) is 11.5 Å². The van der Waals surface area contributed by atoms with Gasteiger partial charge in [-0.05, 0) is 43.0 Å². The topological polar surface area (TPSA) is 118 Å². The number of morpholine rings is 1. The fourth-order valence-corrected chi connectivity index (χ4v) is 5.27. The molecule has 1 amide bonds. The van der Waals surface area contributed by atoms with Crippen LogP contribution in [0.1, 0.15) is 30.5 Å². The van der Waals surface area contributed by atoms with Crippen molar-refractivity contribution >= 4 is 15.9 Å². The maximum Gasteiger partial charge on any atom is 0.308 e. The zero-order chi connectivity index (χ0) is 22.6. The largest absolute Gasteiger partial charge is 0.412 e. The second kappa shape index (κ2) is 10.1. The molecule has 11 heteroatoms. The van der Waals surface area contributed by atoms with Crippen LogP contribution in [0.4, 0.5) is 0 Å². The summed E-state index contributed by atoms with van der Waals surface area (Å²) in [6, 6.07) is 6.31. The lowest BCUT2D eigenvalue weighted by Gasteiger charge is -2.29. The number of carbonyl (C=O) groups is 1. The third-order valence-corrected chi connectivity index (χ3v) is 7.83. The molecular formula is C21H29N5O5S. The van der Waals surface area contributed by atoms with E-state index in [1.165, 1.54) is 16.4 Å². The van der Waals surface area contributed by atoms with Gasteiger partial charge in [-0.3, -0.25) is 9.69 Å². The SMILES string of the molecule is CC1CCN(S(=O)(=O)c2ccc(-c3nnc(C(=O)NCCN4CCOCC4)o3)cc2)CC1. The van der Waals surface area contributed by atoms with E-state index in [2.05, 4.69) is 27.3 Å². The lowest BCUT2D eigenvalue weighted by atomic mass is 10.0. The van der Waals surface area contributed by atoms with Crippen LogP contribution in [0.25, 0.3) is 11.5 Å². The molecule has 2 aliphatic heterocycles. The van der Waals surface area contributed by atoms with Crippen molar-refractivity contribution in [1.82, 2.24) is 24.7 Å². The average molecular weight is 464 g/mol. The predicted octanol–water partition coefficient (Wildman–Crippen LogP) is 1.22. The lowest BCUT2D eigenvalue weighted by Crippen LogP contribution is -2.41. The summed E-state index contributed by atoms with van der Waals surface area (Å²) in [6.45, 7) is 7.53. The quantitative estimate of drug-likeness (QED) is 0.651. The Hall–Kier alpha value is -2.34. The van der Waals surface area contributed by atoms with E-state index in [0.29, 0.717) is 44.3 Å². The summed E-state index contributed by atoms with van der Waals surface area (Å²) < 4.78 is 38.1. The van der Waals surface area contributed by atoms with Crippen LogP contribution in [-0.4, -0.2) is 86.2 Å². The molecule has 0 spiro atoms. The average Bonchev–Trinajstić information content (AvgIpc) is 3.31. The number of ether oxygens (including phenoxy) is 1. The van der Waals surface area contributed by atoms with E-state index in [0.717, 1.165) is 32.5 Å². The number of hydrogen-bond donors (Lipinski definition) is 1. The molecule has 0 radical (unpaired) electrons. The molecule has 4 rings (SSSR count). The van der Waals surface area contributed by atoms with Gasteiger partial charge in [-0.25, -0.2) is 8.42 Å². The van der Waals surface area contributed by atoms with Crippen molar-refractivity contribution in [2.24, 2.45) is 5.92 Å². The Morgan fingerprint density at radius 1 is 1.09 bits per heavy atom. The number of piperidine rings is 1.